The Morgan fingerprint density at radius 3 is 1.89 bits per heavy atom. The zero-order valence-corrected chi connectivity index (χ0v) is 15.2. The molecule has 0 atom stereocenters. The molecule has 0 saturated carbocycles. The molecule has 0 aliphatic rings. The van der Waals surface area contributed by atoms with Gasteiger partial charge in [-0.25, -0.2) is 9.97 Å². The molecule has 142 valence electrons. The van der Waals surface area contributed by atoms with Crippen LogP contribution in [0.3, 0.4) is 0 Å². The van der Waals surface area contributed by atoms with Crippen LogP contribution in [0.15, 0.2) is 54.9 Å². The summed E-state index contributed by atoms with van der Waals surface area (Å²) in [7, 11) is 1.55. The van der Waals surface area contributed by atoms with E-state index in [4.69, 9.17) is 4.74 Å². The first kappa shape index (κ1) is 18.8. The van der Waals surface area contributed by atoms with Crippen molar-refractivity contribution in [3.05, 3.63) is 70.5 Å². The minimum absolute atomic E-state index is 0.0339. The zero-order valence-electron chi connectivity index (χ0n) is 15.2. The Kier molecular flexibility index (Phi) is 5.45. The van der Waals surface area contributed by atoms with Gasteiger partial charge in [-0.2, -0.15) is 0 Å². The number of hydrogen-bond donors (Lipinski definition) is 2. The van der Waals surface area contributed by atoms with Crippen LogP contribution in [-0.2, 0) is 0 Å². The van der Waals surface area contributed by atoms with E-state index in [-0.39, 0.29) is 23.1 Å². The summed E-state index contributed by atoms with van der Waals surface area (Å²) in [6, 6.07) is 13.5. The van der Waals surface area contributed by atoms with E-state index in [2.05, 4.69) is 20.6 Å². The fraction of sp³-hybridized carbons (Fsp3) is 0.105. The fourth-order valence-electron chi connectivity index (χ4n) is 2.47. The average Bonchev–Trinajstić information content (AvgIpc) is 2.69. The molecule has 0 amide bonds. The van der Waals surface area contributed by atoms with Gasteiger partial charge in [0.05, 0.1) is 12.0 Å². The van der Waals surface area contributed by atoms with Crippen molar-refractivity contribution >= 4 is 34.5 Å². The molecule has 3 aromatic rings. The highest BCUT2D eigenvalue weighted by Crippen LogP contribution is 2.33. The summed E-state index contributed by atoms with van der Waals surface area (Å²) in [5.74, 6) is 0.684. The standard InChI is InChI=1S/C19H17N5O4/c1-12(25)13-3-5-14(6-4-13)22-18-17(24(26)27)19(21-11-20-18)23-15-7-9-16(28-2)10-8-15/h3-11H,1-2H3,(H2,20,21,22,23). The summed E-state index contributed by atoms with van der Waals surface area (Å²) in [6.45, 7) is 1.47. The van der Waals surface area contributed by atoms with Crippen molar-refractivity contribution in [3.8, 4) is 5.75 Å². The third-order valence-electron chi connectivity index (χ3n) is 3.91. The third kappa shape index (κ3) is 4.21. The van der Waals surface area contributed by atoms with Crippen molar-refractivity contribution in [2.45, 2.75) is 6.92 Å². The molecule has 0 spiro atoms. The van der Waals surface area contributed by atoms with Gasteiger partial charge < -0.3 is 15.4 Å². The molecule has 0 aliphatic carbocycles. The van der Waals surface area contributed by atoms with Gasteiger partial charge in [0.1, 0.15) is 12.1 Å². The lowest BCUT2D eigenvalue weighted by molar-refractivity contribution is -0.383. The maximum Gasteiger partial charge on any atom is 0.353 e. The van der Waals surface area contributed by atoms with E-state index in [9.17, 15) is 14.9 Å². The van der Waals surface area contributed by atoms with E-state index in [1.165, 1.54) is 13.3 Å². The van der Waals surface area contributed by atoms with E-state index in [1.54, 1.807) is 55.6 Å². The number of anilines is 4. The third-order valence-corrected chi connectivity index (χ3v) is 3.91. The summed E-state index contributed by atoms with van der Waals surface area (Å²) >= 11 is 0. The van der Waals surface area contributed by atoms with Crippen LogP contribution in [0.2, 0.25) is 0 Å². The lowest BCUT2D eigenvalue weighted by Gasteiger charge is -2.10. The molecule has 0 saturated heterocycles. The lowest BCUT2D eigenvalue weighted by Crippen LogP contribution is -2.05. The summed E-state index contributed by atoms with van der Waals surface area (Å²) in [4.78, 5) is 30.5. The van der Waals surface area contributed by atoms with Crippen molar-refractivity contribution in [1.29, 1.82) is 0 Å². The highest BCUT2D eigenvalue weighted by molar-refractivity contribution is 5.94. The number of carbonyl (C=O) groups excluding carboxylic acids is 1. The smallest absolute Gasteiger partial charge is 0.353 e. The minimum atomic E-state index is -0.557. The lowest BCUT2D eigenvalue weighted by atomic mass is 10.1. The summed E-state index contributed by atoms with van der Waals surface area (Å²) in [5.41, 5.74) is 1.42. The molecule has 2 N–H and O–H groups in total. The number of rotatable bonds is 7. The Morgan fingerprint density at radius 2 is 1.46 bits per heavy atom. The van der Waals surface area contributed by atoms with Gasteiger partial charge in [-0.15, -0.1) is 0 Å². The van der Waals surface area contributed by atoms with Crippen LogP contribution < -0.4 is 15.4 Å². The number of nitrogens with zero attached hydrogens (tertiary/aromatic N) is 3. The monoisotopic (exact) mass is 379 g/mol. The molecule has 9 nitrogen and oxygen atoms in total. The van der Waals surface area contributed by atoms with E-state index in [0.29, 0.717) is 22.7 Å². The molecular weight excluding hydrogens is 362 g/mol. The number of ether oxygens (including phenoxy) is 1. The topological polar surface area (TPSA) is 119 Å². The van der Waals surface area contributed by atoms with Crippen molar-refractivity contribution in [3.63, 3.8) is 0 Å². The molecule has 0 aliphatic heterocycles. The van der Waals surface area contributed by atoms with Gasteiger partial charge in [-0.1, -0.05) is 0 Å². The van der Waals surface area contributed by atoms with Gasteiger partial charge in [0, 0.05) is 16.9 Å². The number of carbonyl (C=O) groups is 1. The predicted molar refractivity (Wildman–Crippen MR) is 105 cm³/mol. The maximum atomic E-state index is 11.6. The molecule has 0 unspecified atom stereocenters. The van der Waals surface area contributed by atoms with Gasteiger partial charge >= 0.3 is 5.69 Å². The van der Waals surface area contributed by atoms with Crippen molar-refractivity contribution < 1.29 is 14.5 Å². The molecule has 0 radical (unpaired) electrons. The van der Waals surface area contributed by atoms with Crippen LogP contribution in [0, 0.1) is 10.1 Å². The van der Waals surface area contributed by atoms with Crippen LogP contribution in [0.5, 0.6) is 5.75 Å². The van der Waals surface area contributed by atoms with Gasteiger partial charge in [-0.05, 0) is 55.5 Å². The van der Waals surface area contributed by atoms with E-state index in [0.717, 1.165) is 0 Å². The van der Waals surface area contributed by atoms with Crippen LogP contribution in [0.4, 0.5) is 28.7 Å². The van der Waals surface area contributed by atoms with Gasteiger partial charge in [0.2, 0.25) is 11.6 Å². The SMILES string of the molecule is COc1ccc(Nc2ncnc(Nc3ccc(C(C)=O)cc3)c2[N+](=O)[O-])cc1. The second-order valence-corrected chi connectivity index (χ2v) is 5.79. The second-order valence-electron chi connectivity index (χ2n) is 5.79. The first-order chi connectivity index (χ1) is 13.5. The number of nitrogens with one attached hydrogen (secondary N) is 2. The molecule has 0 bridgehead atoms. The Bertz CT molecular complexity index is 1000. The maximum absolute atomic E-state index is 11.6. The Morgan fingerprint density at radius 1 is 0.964 bits per heavy atom. The summed E-state index contributed by atoms with van der Waals surface area (Å²) < 4.78 is 5.10. The van der Waals surface area contributed by atoms with Gasteiger partial charge in [-0.3, -0.25) is 14.9 Å². The molecule has 0 fully saturated rings. The Labute approximate surface area is 160 Å². The van der Waals surface area contributed by atoms with Crippen LogP contribution in [-0.4, -0.2) is 27.8 Å². The van der Waals surface area contributed by atoms with E-state index in [1.807, 2.05) is 0 Å². The molecule has 1 aromatic heterocycles. The van der Waals surface area contributed by atoms with E-state index < -0.39 is 4.92 Å². The zero-order chi connectivity index (χ0) is 20.1. The number of methoxy groups -OCH3 is 1. The minimum Gasteiger partial charge on any atom is -0.497 e. The highest BCUT2D eigenvalue weighted by atomic mass is 16.6. The normalized spacial score (nSPS) is 10.2. The number of hydrogen-bond acceptors (Lipinski definition) is 8. The van der Waals surface area contributed by atoms with Crippen LogP contribution >= 0.6 is 0 Å². The quantitative estimate of drug-likeness (QED) is 0.358. The van der Waals surface area contributed by atoms with Crippen molar-refractivity contribution in [2.75, 3.05) is 17.7 Å². The average molecular weight is 379 g/mol. The Hall–Kier alpha value is -4.01. The van der Waals surface area contributed by atoms with Crippen LogP contribution in [0.25, 0.3) is 0 Å². The van der Waals surface area contributed by atoms with Gasteiger partial charge in [0.25, 0.3) is 0 Å². The van der Waals surface area contributed by atoms with Crippen molar-refractivity contribution in [2.24, 2.45) is 0 Å². The first-order valence-corrected chi connectivity index (χ1v) is 8.26. The number of ketones is 1. The molecule has 9 heteroatoms. The number of Topliss-reactive ketones (excluding diaryl/α,β-unsaturated/α-hetero) is 1. The van der Waals surface area contributed by atoms with E-state index >= 15 is 0 Å². The molecule has 3 rings (SSSR count). The summed E-state index contributed by atoms with van der Waals surface area (Å²) in [5, 5.41) is 17.5. The largest absolute Gasteiger partial charge is 0.497 e. The summed E-state index contributed by atoms with van der Waals surface area (Å²) in [6.07, 6.45) is 1.23. The molecule has 1 heterocycles. The molecule has 28 heavy (non-hydrogen) atoms. The molecule has 2 aromatic carbocycles. The van der Waals surface area contributed by atoms with Crippen LogP contribution in [0.1, 0.15) is 17.3 Å². The Balaban J connectivity index is 1.90. The van der Waals surface area contributed by atoms with Gasteiger partial charge in [0.15, 0.2) is 5.78 Å². The number of benzene rings is 2. The molecular formula is C19H17N5O4. The predicted octanol–water partition coefficient (Wildman–Crippen LogP) is 4.08. The van der Waals surface area contributed by atoms with Crippen molar-refractivity contribution in [1.82, 2.24) is 9.97 Å². The number of aromatic nitrogens is 2. The second kappa shape index (κ2) is 8.12. The fourth-order valence-corrected chi connectivity index (χ4v) is 2.47. The number of nitro groups is 1. The highest BCUT2D eigenvalue weighted by Gasteiger charge is 2.23. The first-order valence-electron chi connectivity index (χ1n) is 8.26.